The number of nitrogens with zero attached hydrogens (tertiary/aromatic N) is 2. The van der Waals surface area contributed by atoms with E-state index in [1.54, 1.807) is 10.7 Å². The molecule has 3 aromatic rings. The van der Waals surface area contributed by atoms with Gasteiger partial charge in [-0.2, -0.15) is 5.10 Å². The molecule has 0 aliphatic rings. The number of carbonyl (C=O) groups is 1. The van der Waals surface area contributed by atoms with Crippen molar-refractivity contribution < 1.29 is 14.3 Å². The zero-order valence-corrected chi connectivity index (χ0v) is 16.4. The van der Waals surface area contributed by atoms with Crippen molar-refractivity contribution in [2.45, 2.75) is 27.0 Å². The number of nitrogens with one attached hydrogen (secondary N) is 1. The molecule has 0 aliphatic heterocycles. The lowest BCUT2D eigenvalue weighted by molar-refractivity contribution is 0.0950. The Bertz CT molecular complexity index is 913. The fraction of sp³-hybridized carbons (Fsp3) is 0.273. The second-order valence-corrected chi connectivity index (χ2v) is 6.48. The third kappa shape index (κ3) is 5.13. The van der Waals surface area contributed by atoms with E-state index >= 15 is 0 Å². The van der Waals surface area contributed by atoms with E-state index in [1.165, 1.54) is 0 Å². The first-order valence-electron chi connectivity index (χ1n) is 9.27. The average Bonchev–Trinajstić information content (AvgIpc) is 3.03. The predicted molar refractivity (Wildman–Crippen MR) is 108 cm³/mol. The number of ether oxygens (including phenoxy) is 2. The van der Waals surface area contributed by atoms with Crippen LogP contribution in [0.4, 0.5) is 0 Å². The molecule has 0 atom stereocenters. The van der Waals surface area contributed by atoms with E-state index in [4.69, 9.17) is 9.47 Å². The number of carbonyl (C=O) groups excluding carboxylic acids is 1. The van der Waals surface area contributed by atoms with Crippen LogP contribution in [0.25, 0.3) is 0 Å². The summed E-state index contributed by atoms with van der Waals surface area (Å²) in [6, 6.07) is 16.9. The van der Waals surface area contributed by atoms with Crippen LogP contribution in [0.15, 0.2) is 54.6 Å². The van der Waals surface area contributed by atoms with Gasteiger partial charge >= 0.3 is 0 Å². The smallest absolute Gasteiger partial charge is 0.251 e. The van der Waals surface area contributed by atoms with Crippen molar-refractivity contribution in [3.63, 3.8) is 0 Å². The van der Waals surface area contributed by atoms with Crippen molar-refractivity contribution in [3.8, 4) is 11.5 Å². The molecule has 1 N–H and O–H groups in total. The van der Waals surface area contributed by atoms with E-state index in [9.17, 15) is 4.79 Å². The third-order valence-electron chi connectivity index (χ3n) is 4.32. The van der Waals surface area contributed by atoms with Gasteiger partial charge in [-0.1, -0.05) is 12.1 Å². The molecule has 28 heavy (non-hydrogen) atoms. The SMILES string of the molecule is CCOc1ccc(OCc2cccc(C(=O)NCc3cc(C)n(C)n3)c2)cc1. The van der Waals surface area contributed by atoms with Gasteiger partial charge in [0.1, 0.15) is 18.1 Å². The summed E-state index contributed by atoms with van der Waals surface area (Å²) in [4.78, 5) is 12.4. The number of rotatable bonds is 8. The Morgan fingerprint density at radius 1 is 1.07 bits per heavy atom. The van der Waals surface area contributed by atoms with Gasteiger partial charge in [-0.05, 0) is 61.9 Å². The summed E-state index contributed by atoms with van der Waals surface area (Å²) >= 11 is 0. The van der Waals surface area contributed by atoms with Crippen LogP contribution < -0.4 is 14.8 Å². The average molecular weight is 379 g/mol. The first-order valence-corrected chi connectivity index (χ1v) is 9.27. The summed E-state index contributed by atoms with van der Waals surface area (Å²) in [5.41, 5.74) is 3.41. The highest BCUT2D eigenvalue weighted by molar-refractivity contribution is 5.94. The van der Waals surface area contributed by atoms with Crippen LogP contribution >= 0.6 is 0 Å². The minimum absolute atomic E-state index is 0.133. The van der Waals surface area contributed by atoms with Crippen LogP contribution in [0.2, 0.25) is 0 Å². The molecule has 0 bridgehead atoms. The van der Waals surface area contributed by atoms with E-state index in [0.29, 0.717) is 25.3 Å². The highest BCUT2D eigenvalue weighted by Crippen LogP contribution is 2.19. The Morgan fingerprint density at radius 2 is 1.79 bits per heavy atom. The molecule has 0 fully saturated rings. The number of benzene rings is 2. The molecule has 1 aromatic heterocycles. The molecule has 0 radical (unpaired) electrons. The molecule has 1 amide bonds. The molecule has 146 valence electrons. The fourth-order valence-corrected chi connectivity index (χ4v) is 2.76. The first kappa shape index (κ1) is 19.5. The van der Waals surface area contributed by atoms with Crippen molar-refractivity contribution in [1.29, 1.82) is 0 Å². The molecule has 0 spiro atoms. The van der Waals surface area contributed by atoms with Gasteiger partial charge < -0.3 is 14.8 Å². The summed E-state index contributed by atoms with van der Waals surface area (Å²) in [5, 5.41) is 7.25. The van der Waals surface area contributed by atoms with E-state index in [0.717, 1.165) is 28.5 Å². The van der Waals surface area contributed by atoms with Crippen molar-refractivity contribution >= 4 is 5.91 Å². The second kappa shape index (κ2) is 9.08. The van der Waals surface area contributed by atoms with Gasteiger partial charge in [-0.3, -0.25) is 9.48 Å². The predicted octanol–water partition coefficient (Wildman–Crippen LogP) is 3.64. The molecule has 3 rings (SSSR count). The minimum Gasteiger partial charge on any atom is -0.494 e. The van der Waals surface area contributed by atoms with Crippen LogP contribution in [0, 0.1) is 6.92 Å². The van der Waals surface area contributed by atoms with Gasteiger partial charge in [0, 0.05) is 18.3 Å². The molecule has 0 saturated heterocycles. The summed E-state index contributed by atoms with van der Waals surface area (Å²) < 4.78 is 13.0. The molecular weight excluding hydrogens is 354 g/mol. The number of hydrogen-bond acceptors (Lipinski definition) is 4. The normalized spacial score (nSPS) is 10.5. The summed E-state index contributed by atoms with van der Waals surface area (Å²) in [6.45, 7) is 5.34. The summed E-state index contributed by atoms with van der Waals surface area (Å²) in [7, 11) is 1.88. The number of aryl methyl sites for hydroxylation is 2. The Balaban J connectivity index is 1.56. The van der Waals surface area contributed by atoms with E-state index in [1.807, 2.05) is 69.4 Å². The molecule has 1 heterocycles. The topological polar surface area (TPSA) is 65.4 Å². The standard InChI is InChI=1S/C22H25N3O3/c1-4-27-20-8-10-21(11-9-20)28-15-17-6-5-7-18(13-17)22(26)23-14-19-12-16(2)25(3)24-19/h5-13H,4,14-15H2,1-3H3,(H,23,26). The maximum Gasteiger partial charge on any atom is 0.251 e. The molecular formula is C22H25N3O3. The van der Waals surface area contributed by atoms with Crippen molar-refractivity contribution in [2.75, 3.05) is 6.61 Å². The minimum atomic E-state index is -0.133. The molecule has 0 aliphatic carbocycles. The van der Waals surface area contributed by atoms with E-state index < -0.39 is 0 Å². The monoisotopic (exact) mass is 379 g/mol. The van der Waals surface area contributed by atoms with Crippen molar-refractivity contribution in [1.82, 2.24) is 15.1 Å². The maximum absolute atomic E-state index is 12.4. The summed E-state index contributed by atoms with van der Waals surface area (Å²) in [6.07, 6.45) is 0. The van der Waals surface area contributed by atoms with Crippen LogP contribution in [-0.2, 0) is 20.2 Å². The van der Waals surface area contributed by atoms with Gasteiger partial charge in [-0.15, -0.1) is 0 Å². The first-order chi connectivity index (χ1) is 13.5. The van der Waals surface area contributed by atoms with Gasteiger partial charge in [-0.25, -0.2) is 0 Å². The van der Waals surface area contributed by atoms with E-state index in [-0.39, 0.29) is 5.91 Å². The Morgan fingerprint density at radius 3 is 2.43 bits per heavy atom. The van der Waals surface area contributed by atoms with Crippen LogP contribution in [-0.4, -0.2) is 22.3 Å². The lowest BCUT2D eigenvalue weighted by Crippen LogP contribution is -2.23. The second-order valence-electron chi connectivity index (χ2n) is 6.48. The van der Waals surface area contributed by atoms with Crippen molar-refractivity contribution in [3.05, 3.63) is 77.1 Å². The van der Waals surface area contributed by atoms with E-state index in [2.05, 4.69) is 10.4 Å². The fourth-order valence-electron chi connectivity index (χ4n) is 2.76. The van der Waals surface area contributed by atoms with Gasteiger partial charge in [0.15, 0.2) is 0 Å². The molecule has 6 heteroatoms. The third-order valence-corrected chi connectivity index (χ3v) is 4.32. The van der Waals surface area contributed by atoms with Gasteiger partial charge in [0.25, 0.3) is 5.91 Å². The lowest BCUT2D eigenvalue weighted by atomic mass is 10.1. The lowest BCUT2D eigenvalue weighted by Gasteiger charge is -2.09. The van der Waals surface area contributed by atoms with Crippen LogP contribution in [0.1, 0.15) is 34.2 Å². The highest BCUT2D eigenvalue weighted by Gasteiger charge is 2.08. The molecule has 2 aromatic carbocycles. The zero-order chi connectivity index (χ0) is 19.9. The summed E-state index contributed by atoms with van der Waals surface area (Å²) in [5.74, 6) is 1.44. The van der Waals surface area contributed by atoms with Crippen LogP contribution in [0.3, 0.4) is 0 Å². The molecule has 6 nitrogen and oxygen atoms in total. The number of amides is 1. The molecule has 0 unspecified atom stereocenters. The largest absolute Gasteiger partial charge is 0.494 e. The van der Waals surface area contributed by atoms with Crippen LogP contribution in [0.5, 0.6) is 11.5 Å². The molecule has 0 saturated carbocycles. The Kier molecular flexibility index (Phi) is 6.32. The van der Waals surface area contributed by atoms with Gasteiger partial charge in [0.05, 0.1) is 18.8 Å². The Labute approximate surface area is 165 Å². The number of aromatic nitrogens is 2. The van der Waals surface area contributed by atoms with Gasteiger partial charge in [0.2, 0.25) is 0 Å². The number of hydrogen-bond donors (Lipinski definition) is 1. The quantitative estimate of drug-likeness (QED) is 0.649. The zero-order valence-electron chi connectivity index (χ0n) is 16.4. The highest BCUT2D eigenvalue weighted by atomic mass is 16.5. The van der Waals surface area contributed by atoms with Crippen molar-refractivity contribution in [2.24, 2.45) is 7.05 Å². The maximum atomic E-state index is 12.4. The Hall–Kier alpha value is -3.28.